The van der Waals surface area contributed by atoms with Gasteiger partial charge in [-0.05, 0) is 0 Å². The van der Waals surface area contributed by atoms with E-state index in [1.54, 1.807) is 0 Å². The molecule has 8 amide bonds. The zero-order chi connectivity index (χ0) is 23.7. The van der Waals surface area contributed by atoms with Crippen LogP contribution in [0.15, 0.2) is 0 Å². The summed E-state index contributed by atoms with van der Waals surface area (Å²) in [5.41, 5.74) is 0. The molecule has 32 heavy (non-hydrogen) atoms. The van der Waals surface area contributed by atoms with Crippen LogP contribution >= 0.6 is 0 Å². The Morgan fingerprint density at radius 2 is 1.16 bits per heavy atom. The molecule has 0 aromatic heterocycles. The van der Waals surface area contributed by atoms with Crippen LogP contribution in [0.4, 0.5) is 9.59 Å². The van der Waals surface area contributed by atoms with E-state index >= 15 is 0 Å². The van der Waals surface area contributed by atoms with E-state index in [0.29, 0.717) is 0 Å². The minimum absolute atomic E-state index is 0.298. The number of aliphatic hydroxyl groups excluding tert-OH is 4. The number of amides is 8. The molecule has 176 valence electrons. The minimum atomic E-state index is -1.94. The van der Waals surface area contributed by atoms with Crippen LogP contribution in [-0.4, -0.2) is 94.2 Å². The molecule has 15 heteroatoms. The Morgan fingerprint density at radius 1 is 0.719 bits per heavy atom. The summed E-state index contributed by atoms with van der Waals surface area (Å²) in [7, 11) is 0. The fourth-order valence-corrected chi connectivity index (χ4v) is 4.23. The number of aliphatic hydroxyl groups is 4. The smallest absolute Gasteiger partial charge is 0.328 e. The van der Waals surface area contributed by atoms with Gasteiger partial charge in [-0.15, -0.1) is 0 Å². The maximum absolute atomic E-state index is 12.5. The third-order valence-corrected chi connectivity index (χ3v) is 5.84. The maximum atomic E-state index is 12.5. The van der Waals surface area contributed by atoms with Crippen molar-refractivity contribution >= 4 is 35.7 Å². The molecule has 0 aliphatic carbocycles. The number of hydrogen-bond acceptors (Lipinski definition) is 11. The van der Waals surface area contributed by atoms with Gasteiger partial charge < -0.3 is 25.2 Å². The van der Waals surface area contributed by atoms with Gasteiger partial charge in [0.05, 0.1) is 32.0 Å². The van der Waals surface area contributed by atoms with Gasteiger partial charge >= 0.3 is 12.1 Å². The van der Waals surface area contributed by atoms with Gasteiger partial charge in [-0.25, -0.2) is 9.59 Å². The lowest BCUT2D eigenvalue weighted by Gasteiger charge is -2.43. The van der Waals surface area contributed by atoms with E-state index in [4.69, 9.17) is 4.74 Å². The van der Waals surface area contributed by atoms with Gasteiger partial charge in [-0.1, -0.05) is 0 Å². The number of barbiturate groups is 2. The second-order valence-electron chi connectivity index (χ2n) is 7.76. The van der Waals surface area contributed by atoms with E-state index in [1.165, 1.54) is 0 Å². The summed E-state index contributed by atoms with van der Waals surface area (Å²) >= 11 is 0. The molecular formula is C17H22N4O11. The molecule has 0 spiro atoms. The van der Waals surface area contributed by atoms with Crippen LogP contribution in [0, 0.1) is 29.6 Å². The molecule has 3 rings (SSSR count). The van der Waals surface area contributed by atoms with Crippen LogP contribution in [0.1, 0.15) is 0 Å². The fraction of sp³-hybridized carbons (Fsp3) is 0.647. The van der Waals surface area contributed by atoms with E-state index in [2.05, 4.69) is 0 Å². The van der Waals surface area contributed by atoms with E-state index in [9.17, 15) is 49.2 Å². The number of nitrogens with one attached hydrogen (secondary N) is 4. The van der Waals surface area contributed by atoms with Gasteiger partial charge in [0.1, 0.15) is 17.9 Å². The third-order valence-electron chi connectivity index (χ3n) is 5.84. The van der Waals surface area contributed by atoms with Gasteiger partial charge in [0.2, 0.25) is 23.6 Å². The van der Waals surface area contributed by atoms with Crippen molar-refractivity contribution in [2.45, 2.75) is 18.3 Å². The van der Waals surface area contributed by atoms with Crippen molar-refractivity contribution in [2.75, 3.05) is 19.8 Å². The molecule has 3 aliphatic rings. The van der Waals surface area contributed by atoms with Gasteiger partial charge in [0.15, 0.2) is 0 Å². The van der Waals surface area contributed by atoms with Crippen molar-refractivity contribution in [3.05, 3.63) is 0 Å². The van der Waals surface area contributed by atoms with Crippen LogP contribution in [0.25, 0.3) is 0 Å². The molecule has 3 saturated heterocycles. The van der Waals surface area contributed by atoms with Crippen LogP contribution in [0.3, 0.4) is 0 Å². The lowest BCUT2D eigenvalue weighted by atomic mass is 9.67. The molecule has 3 fully saturated rings. The van der Waals surface area contributed by atoms with Crippen molar-refractivity contribution in [1.82, 2.24) is 21.3 Å². The number of carbonyl (C=O) groups is 6. The second kappa shape index (κ2) is 9.25. The molecule has 0 saturated carbocycles. The van der Waals surface area contributed by atoms with Gasteiger partial charge in [-0.2, -0.15) is 0 Å². The Morgan fingerprint density at radius 3 is 1.56 bits per heavy atom. The maximum Gasteiger partial charge on any atom is 0.328 e. The van der Waals surface area contributed by atoms with Crippen LogP contribution < -0.4 is 21.3 Å². The zero-order valence-corrected chi connectivity index (χ0v) is 16.4. The average Bonchev–Trinajstić information content (AvgIpc) is 2.69. The van der Waals surface area contributed by atoms with Gasteiger partial charge in [-0.3, -0.25) is 40.4 Å². The monoisotopic (exact) mass is 458 g/mol. The normalized spacial score (nSPS) is 33.2. The second-order valence-corrected chi connectivity index (χ2v) is 7.76. The first-order chi connectivity index (χ1) is 15.1. The van der Waals surface area contributed by atoms with Crippen LogP contribution in [0.5, 0.6) is 0 Å². The molecule has 3 aliphatic heterocycles. The first kappa shape index (κ1) is 23.7. The molecule has 15 nitrogen and oxygen atoms in total. The molecule has 0 radical (unpaired) electrons. The predicted octanol–water partition coefficient (Wildman–Crippen LogP) is -5.10. The number of rotatable bonds is 4. The first-order valence-electron chi connectivity index (χ1n) is 9.61. The number of hydrogen-bond donors (Lipinski definition) is 8. The van der Waals surface area contributed by atoms with E-state index in [-0.39, 0.29) is 6.61 Å². The lowest BCUT2D eigenvalue weighted by Crippen LogP contribution is -2.66. The standard InChI is InChI=1S/C17H22N4O11/c22-1-4-2-32-3-5(10(24)11(25)9(4)23)6(7-12(26)18-16(30)19-13(7)27)8-14(28)20-17(31)21-15(8)29/h4-11,22-25H,1-3H2,(H2,18,19,26,27,30)(H2,20,21,28,29,31). The molecule has 0 bridgehead atoms. The molecule has 0 aromatic carbocycles. The Labute approximate surface area is 179 Å². The van der Waals surface area contributed by atoms with Crippen molar-refractivity contribution in [3.63, 3.8) is 0 Å². The molecule has 3 heterocycles. The number of carbonyl (C=O) groups excluding carboxylic acids is 6. The van der Waals surface area contributed by atoms with E-state index < -0.39 is 96.8 Å². The molecule has 0 aromatic rings. The summed E-state index contributed by atoms with van der Waals surface area (Å²) in [5, 5.41) is 48.1. The van der Waals surface area contributed by atoms with E-state index in [1.807, 2.05) is 21.3 Å². The average molecular weight is 458 g/mol. The van der Waals surface area contributed by atoms with Crippen LogP contribution in [-0.2, 0) is 23.9 Å². The van der Waals surface area contributed by atoms with Crippen molar-refractivity contribution in [1.29, 1.82) is 0 Å². The third kappa shape index (κ3) is 4.33. The Hall–Kier alpha value is -2.98. The Bertz CT molecular complexity index is 760. The van der Waals surface area contributed by atoms with Crippen molar-refractivity contribution < 1.29 is 53.9 Å². The molecule has 5 atom stereocenters. The van der Waals surface area contributed by atoms with Gasteiger partial charge in [0.25, 0.3) is 0 Å². The number of ether oxygens (including phenoxy) is 1. The highest BCUT2D eigenvalue weighted by molar-refractivity contribution is 6.19. The largest absolute Gasteiger partial charge is 0.396 e. The molecular weight excluding hydrogens is 436 g/mol. The summed E-state index contributed by atoms with van der Waals surface area (Å²) in [6.45, 7) is -1.40. The summed E-state index contributed by atoms with van der Waals surface area (Å²) < 4.78 is 5.37. The van der Waals surface area contributed by atoms with E-state index in [0.717, 1.165) is 0 Å². The fourth-order valence-electron chi connectivity index (χ4n) is 4.23. The van der Waals surface area contributed by atoms with Crippen molar-refractivity contribution in [3.8, 4) is 0 Å². The highest BCUT2D eigenvalue weighted by Crippen LogP contribution is 2.37. The summed E-state index contributed by atoms with van der Waals surface area (Å²) in [5.74, 6) is -12.7. The number of urea groups is 2. The Balaban J connectivity index is 2.05. The van der Waals surface area contributed by atoms with Gasteiger partial charge in [0, 0.05) is 17.8 Å². The summed E-state index contributed by atoms with van der Waals surface area (Å²) in [6, 6.07) is -2.28. The highest BCUT2D eigenvalue weighted by atomic mass is 16.5. The van der Waals surface area contributed by atoms with Crippen LogP contribution in [0.2, 0.25) is 0 Å². The molecule has 8 N–H and O–H groups in total. The minimum Gasteiger partial charge on any atom is -0.396 e. The van der Waals surface area contributed by atoms with Crippen molar-refractivity contribution in [2.24, 2.45) is 29.6 Å². The Kier molecular flexibility index (Phi) is 6.85. The summed E-state index contributed by atoms with van der Waals surface area (Å²) in [4.78, 5) is 73.1. The summed E-state index contributed by atoms with van der Waals surface area (Å²) in [6.07, 6.45) is -5.55. The quantitative estimate of drug-likeness (QED) is 0.185. The first-order valence-corrected chi connectivity index (χ1v) is 9.61. The topological polar surface area (TPSA) is 241 Å². The lowest BCUT2D eigenvalue weighted by molar-refractivity contribution is -0.170. The SMILES string of the molecule is O=C1NC(=O)C(C(C2C(=O)NC(=O)NC2=O)C2COCC(CO)C(O)C(O)C2O)C(=O)N1. The highest BCUT2D eigenvalue weighted by Gasteiger charge is 2.55. The number of imide groups is 4. The zero-order valence-electron chi connectivity index (χ0n) is 16.4. The predicted molar refractivity (Wildman–Crippen MR) is 96.7 cm³/mol. The molecule has 5 unspecified atom stereocenters.